The van der Waals surface area contributed by atoms with Gasteiger partial charge in [-0.1, -0.05) is 41.4 Å². The van der Waals surface area contributed by atoms with Gasteiger partial charge in [-0.25, -0.2) is 0 Å². The molecule has 3 nitrogen and oxygen atoms in total. The second-order valence-corrected chi connectivity index (χ2v) is 6.52. The summed E-state index contributed by atoms with van der Waals surface area (Å²) in [4.78, 5) is 0. The van der Waals surface area contributed by atoms with Crippen molar-refractivity contribution < 1.29 is 9.15 Å². The van der Waals surface area contributed by atoms with Crippen molar-refractivity contribution in [3.8, 4) is 5.75 Å². The first-order valence-electron chi connectivity index (χ1n) is 6.85. The second kappa shape index (κ2) is 7.34. The minimum Gasteiger partial charge on any atom is -0.487 e. The molecule has 0 fully saturated rings. The van der Waals surface area contributed by atoms with Crippen LogP contribution in [0.15, 0.2) is 33.2 Å². The zero-order chi connectivity index (χ0) is 15.4. The van der Waals surface area contributed by atoms with E-state index in [1.165, 1.54) is 0 Å². The Bertz CT molecular complexity index is 610. The molecule has 0 aliphatic carbocycles. The summed E-state index contributed by atoms with van der Waals surface area (Å²) in [5.74, 6) is 2.47. The van der Waals surface area contributed by atoms with Crippen LogP contribution in [0.2, 0.25) is 5.02 Å². The summed E-state index contributed by atoms with van der Waals surface area (Å²) < 4.78 is 12.4. The number of nitrogens with one attached hydrogen (secondary N) is 1. The monoisotopic (exact) mass is 371 g/mol. The van der Waals surface area contributed by atoms with Gasteiger partial charge in [0.2, 0.25) is 0 Å². The predicted octanol–water partition coefficient (Wildman–Crippen LogP) is 5.08. The molecule has 0 spiro atoms. The highest BCUT2D eigenvalue weighted by molar-refractivity contribution is 9.10. The number of hydrogen-bond acceptors (Lipinski definition) is 3. The lowest BCUT2D eigenvalue weighted by atomic mass is 10.2. The molecule has 0 atom stereocenters. The molecule has 0 bridgehead atoms. The van der Waals surface area contributed by atoms with E-state index in [4.69, 9.17) is 20.8 Å². The molecular weight excluding hydrogens is 354 g/mol. The Kier molecular flexibility index (Phi) is 5.73. The van der Waals surface area contributed by atoms with Crippen LogP contribution in [-0.4, -0.2) is 6.04 Å². The summed E-state index contributed by atoms with van der Waals surface area (Å²) in [6.45, 7) is 7.32. The molecule has 114 valence electrons. The van der Waals surface area contributed by atoms with Crippen LogP contribution >= 0.6 is 27.5 Å². The van der Waals surface area contributed by atoms with Crippen molar-refractivity contribution in [1.29, 1.82) is 0 Å². The van der Waals surface area contributed by atoms with E-state index in [1.807, 2.05) is 31.2 Å². The summed E-state index contributed by atoms with van der Waals surface area (Å²) >= 11 is 9.51. The fourth-order valence-electron chi connectivity index (χ4n) is 1.87. The quantitative estimate of drug-likeness (QED) is 0.767. The Balaban J connectivity index is 1.99. The van der Waals surface area contributed by atoms with Crippen molar-refractivity contribution in [1.82, 2.24) is 5.32 Å². The summed E-state index contributed by atoms with van der Waals surface area (Å²) in [7, 11) is 0. The molecule has 0 unspecified atom stereocenters. The van der Waals surface area contributed by atoms with Gasteiger partial charge >= 0.3 is 0 Å². The van der Waals surface area contributed by atoms with E-state index in [0.717, 1.165) is 28.1 Å². The van der Waals surface area contributed by atoms with Gasteiger partial charge in [0.25, 0.3) is 0 Å². The standard InChI is InChI=1S/C16H19BrClNO2/c1-10(2)19-8-14-6-12(11(3)21-14)9-20-16-5-4-13(17)7-15(16)18/h4-7,10,19H,8-9H2,1-3H3. The maximum atomic E-state index is 6.14. The van der Waals surface area contributed by atoms with Gasteiger partial charge in [-0.2, -0.15) is 0 Å². The summed E-state index contributed by atoms with van der Waals surface area (Å²) in [5.41, 5.74) is 1.04. The molecule has 0 amide bonds. The molecule has 2 aromatic rings. The van der Waals surface area contributed by atoms with E-state index in [-0.39, 0.29) is 0 Å². The van der Waals surface area contributed by atoms with Crippen molar-refractivity contribution >= 4 is 27.5 Å². The van der Waals surface area contributed by atoms with Gasteiger partial charge in [-0.05, 0) is 31.2 Å². The van der Waals surface area contributed by atoms with E-state index < -0.39 is 0 Å². The highest BCUT2D eigenvalue weighted by Crippen LogP contribution is 2.29. The Morgan fingerprint density at radius 2 is 2.10 bits per heavy atom. The third kappa shape index (κ3) is 4.77. The van der Waals surface area contributed by atoms with Crippen LogP contribution in [-0.2, 0) is 13.2 Å². The molecule has 1 N–H and O–H groups in total. The highest BCUT2D eigenvalue weighted by atomic mass is 79.9. The third-order valence-electron chi connectivity index (χ3n) is 3.03. The van der Waals surface area contributed by atoms with Gasteiger partial charge < -0.3 is 14.5 Å². The van der Waals surface area contributed by atoms with E-state index >= 15 is 0 Å². The Hall–Kier alpha value is -0.970. The van der Waals surface area contributed by atoms with Gasteiger partial charge in [0.15, 0.2) is 0 Å². The first-order chi connectivity index (χ1) is 9.95. The molecule has 1 heterocycles. The van der Waals surface area contributed by atoms with Crippen molar-refractivity contribution in [3.05, 3.63) is 50.8 Å². The van der Waals surface area contributed by atoms with Crippen LogP contribution in [0.5, 0.6) is 5.75 Å². The zero-order valence-corrected chi connectivity index (χ0v) is 14.7. The molecule has 0 radical (unpaired) electrons. The number of benzene rings is 1. The van der Waals surface area contributed by atoms with Gasteiger partial charge in [0.1, 0.15) is 23.9 Å². The zero-order valence-electron chi connectivity index (χ0n) is 12.4. The van der Waals surface area contributed by atoms with E-state index in [1.54, 1.807) is 0 Å². The molecule has 1 aromatic carbocycles. The highest BCUT2D eigenvalue weighted by Gasteiger charge is 2.10. The van der Waals surface area contributed by atoms with Crippen molar-refractivity contribution in [2.45, 2.75) is 40.0 Å². The molecule has 2 rings (SSSR count). The van der Waals surface area contributed by atoms with E-state index in [9.17, 15) is 0 Å². The molecule has 21 heavy (non-hydrogen) atoms. The maximum Gasteiger partial charge on any atom is 0.138 e. The summed E-state index contributed by atoms with van der Waals surface area (Å²) in [5, 5.41) is 3.92. The Labute approximate surface area is 138 Å². The predicted molar refractivity (Wildman–Crippen MR) is 88.9 cm³/mol. The fourth-order valence-corrected chi connectivity index (χ4v) is 2.60. The van der Waals surface area contributed by atoms with Crippen LogP contribution in [0, 0.1) is 6.92 Å². The molecule has 0 saturated carbocycles. The molecule has 0 aliphatic rings. The van der Waals surface area contributed by atoms with Crippen LogP contribution in [0.4, 0.5) is 0 Å². The SMILES string of the molecule is Cc1oc(CNC(C)C)cc1COc1ccc(Br)cc1Cl. The molecule has 1 aromatic heterocycles. The minimum atomic E-state index is 0.427. The van der Waals surface area contributed by atoms with Crippen molar-refractivity contribution in [3.63, 3.8) is 0 Å². The molecule has 0 aliphatic heterocycles. The maximum absolute atomic E-state index is 6.14. The normalized spacial score (nSPS) is 11.1. The first-order valence-corrected chi connectivity index (χ1v) is 8.02. The average Bonchev–Trinajstić information content (AvgIpc) is 2.76. The van der Waals surface area contributed by atoms with E-state index in [2.05, 4.69) is 35.1 Å². The first kappa shape index (κ1) is 16.4. The lowest BCUT2D eigenvalue weighted by Crippen LogP contribution is -2.21. The lowest BCUT2D eigenvalue weighted by Gasteiger charge is -2.07. The lowest BCUT2D eigenvalue weighted by molar-refractivity contribution is 0.303. The fraction of sp³-hybridized carbons (Fsp3) is 0.375. The van der Waals surface area contributed by atoms with Gasteiger partial charge in [0.05, 0.1) is 11.6 Å². The number of rotatable bonds is 6. The molecular formula is C16H19BrClNO2. The number of hydrogen-bond donors (Lipinski definition) is 1. The van der Waals surface area contributed by atoms with Gasteiger partial charge in [-0.15, -0.1) is 0 Å². The largest absolute Gasteiger partial charge is 0.487 e. The van der Waals surface area contributed by atoms with Crippen molar-refractivity contribution in [2.24, 2.45) is 0 Å². The average molecular weight is 373 g/mol. The number of furan rings is 1. The number of aryl methyl sites for hydroxylation is 1. The van der Waals surface area contributed by atoms with Crippen LogP contribution < -0.4 is 10.1 Å². The topological polar surface area (TPSA) is 34.4 Å². The minimum absolute atomic E-state index is 0.427. The van der Waals surface area contributed by atoms with Crippen LogP contribution in [0.25, 0.3) is 0 Å². The number of ether oxygens (including phenoxy) is 1. The third-order valence-corrected chi connectivity index (χ3v) is 3.82. The van der Waals surface area contributed by atoms with Crippen molar-refractivity contribution in [2.75, 3.05) is 0 Å². The van der Waals surface area contributed by atoms with Gasteiger partial charge in [-0.3, -0.25) is 0 Å². The van der Waals surface area contributed by atoms with Crippen LogP contribution in [0.3, 0.4) is 0 Å². The van der Waals surface area contributed by atoms with Gasteiger partial charge in [0, 0.05) is 16.1 Å². The summed E-state index contributed by atoms with van der Waals surface area (Å²) in [6.07, 6.45) is 0. The second-order valence-electron chi connectivity index (χ2n) is 5.19. The molecule has 5 heteroatoms. The van der Waals surface area contributed by atoms with E-state index in [0.29, 0.717) is 23.4 Å². The smallest absolute Gasteiger partial charge is 0.138 e. The number of halogens is 2. The molecule has 0 saturated heterocycles. The summed E-state index contributed by atoms with van der Waals surface area (Å²) in [6, 6.07) is 8.02. The Morgan fingerprint density at radius 1 is 1.33 bits per heavy atom. The Morgan fingerprint density at radius 3 is 2.76 bits per heavy atom. The van der Waals surface area contributed by atoms with Crippen LogP contribution in [0.1, 0.15) is 30.9 Å².